The van der Waals surface area contributed by atoms with Gasteiger partial charge in [0.2, 0.25) is 5.91 Å². The van der Waals surface area contributed by atoms with Crippen LogP contribution in [-0.2, 0) is 16.6 Å². The molecule has 1 N–H and O–H groups in total. The van der Waals surface area contributed by atoms with Crippen LogP contribution in [-0.4, -0.2) is 57.9 Å². The number of nitrogens with zero attached hydrogens (tertiary/aromatic N) is 3. The number of aromatic nitrogens is 2. The maximum Gasteiger partial charge on any atom is 0.233 e. The minimum atomic E-state index is -0.574. The van der Waals surface area contributed by atoms with Crippen LogP contribution in [0.3, 0.4) is 0 Å². The zero-order valence-electron chi connectivity index (χ0n) is 29.8. The van der Waals surface area contributed by atoms with Crippen LogP contribution in [0, 0.1) is 13.8 Å². The zero-order chi connectivity index (χ0) is 33.6. The zero-order valence-corrected chi connectivity index (χ0v) is 29.8. The molecule has 48 heavy (non-hydrogen) atoms. The first-order valence-corrected chi connectivity index (χ1v) is 18.2. The Kier molecular flexibility index (Phi) is 8.93. The molecule has 2 saturated heterocycles. The average Bonchev–Trinajstić information content (AvgIpc) is 3.78. The van der Waals surface area contributed by atoms with E-state index in [0.717, 1.165) is 48.9 Å². The summed E-state index contributed by atoms with van der Waals surface area (Å²) in [7, 11) is 2.26. The number of H-pyrrole nitrogens is 1. The van der Waals surface area contributed by atoms with Crippen molar-refractivity contribution in [1.82, 2.24) is 19.8 Å². The second-order valence-corrected chi connectivity index (χ2v) is 15.5. The van der Waals surface area contributed by atoms with Crippen molar-refractivity contribution in [3.8, 4) is 11.3 Å². The van der Waals surface area contributed by atoms with Gasteiger partial charge < -0.3 is 14.8 Å². The van der Waals surface area contributed by atoms with Crippen LogP contribution in [0.4, 0.5) is 0 Å². The minimum Gasteiger partial charge on any atom is -0.354 e. The Morgan fingerprint density at radius 1 is 0.958 bits per heavy atom. The van der Waals surface area contributed by atoms with Crippen LogP contribution in [0.1, 0.15) is 93.0 Å². The summed E-state index contributed by atoms with van der Waals surface area (Å²) in [6, 6.07) is 25.3. The van der Waals surface area contributed by atoms with Crippen LogP contribution in [0.25, 0.3) is 33.1 Å². The average molecular weight is 641 g/mol. The molecule has 2 aliphatic rings. The summed E-state index contributed by atoms with van der Waals surface area (Å²) in [6.45, 7) is 13.0. The molecule has 3 aromatic carbocycles. The van der Waals surface area contributed by atoms with Gasteiger partial charge in [-0.15, -0.1) is 0 Å². The summed E-state index contributed by atoms with van der Waals surface area (Å²) >= 11 is 0. The summed E-state index contributed by atoms with van der Waals surface area (Å²) < 4.78 is 0. The lowest BCUT2D eigenvalue weighted by Crippen LogP contribution is -2.45. The maximum atomic E-state index is 14.1. The van der Waals surface area contributed by atoms with Gasteiger partial charge in [-0.1, -0.05) is 42.3 Å². The number of hydrogen-bond acceptors (Lipinski definition) is 3. The van der Waals surface area contributed by atoms with E-state index in [1.165, 1.54) is 70.0 Å². The fourth-order valence-electron chi connectivity index (χ4n) is 8.79. The van der Waals surface area contributed by atoms with Gasteiger partial charge in [0.15, 0.2) is 0 Å². The Labute approximate surface area is 286 Å². The number of pyridine rings is 1. The van der Waals surface area contributed by atoms with Gasteiger partial charge in [0.05, 0.1) is 16.6 Å². The number of benzene rings is 3. The molecule has 2 aliphatic heterocycles. The monoisotopic (exact) mass is 640 g/mol. The lowest BCUT2D eigenvalue weighted by Gasteiger charge is -2.33. The van der Waals surface area contributed by atoms with Crippen molar-refractivity contribution in [1.29, 1.82) is 0 Å². The van der Waals surface area contributed by atoms with Crippen LogP contribution in [0.2, 0.25) is 0 Å². The molecule has 2 bridgehead atoms. The highest BCUT2D eigenvalue weighted by atomic mass is 16.2. The number of fused-ring (bicyclic) bond motifs is 4. The molecule has 1 amide bonds. The number of unbranched alkanes of at least 4 members (excludes halogenated alkanes) is 1. The van der Waals surface area contributed by atoms with Crippen molar-refractivity contribution in [3.05, 3.63) is 101 Å². The lowest BCUT2D eigenvalue weighted by atomic mass is 9.81. The van der Waals surface area contributed by atoms with Gasteiger partial charge >= 0.3 is 0 Å². The fourth-order valence-corrected chi connectivity index (χ4v) is 8.79. The molecule has 0 saturated carbocycles. The molecular weight excluding hydrogens is 589 g/mol. The maximum absolute atomic E-state index is 14.1. The third-order valence-electron chi connectivity index (χ3n) is 11.3. The van der Waals surface area contributed by atoms with Crippen LogP contribution in [0.15, 0.2) is 72.9 Å². The van der Waals surface area contributed by atoms with Gasteiger partial charge in [0.25, 0.3) is 0 Å². The number of carbonyl (C=O) groups excluding carboxylic acids is 1. The number of hydrogen-bond donors (Lipinski definition) is 1. The number of aromatic amines is 1. The minimum absolute atomic E-state index is 0.298. The topological polar surface area (TPSA) is 52.2 Å². The third-order valence-corrected chi connectivity index (χ3v) is 11.3. The highest BCUT2D eigenvalue weighted by molar-refractivity contribution is 5.95. The second kappa shape index (κ2) is 13.2. The molecule has 0 radical (unpaired) electrons. The van der Waals surface area contributed by atoms with Gasteiger partial charge in [0.1, 0.15) is 0 Å². The molecule has 0 spiro atoms. The number of nitrogens with one attached hydrogen (secondary N) is 1. The van der Waals surface area contributed by atoms with Crippen molar-refractivity contribution in [2.75, 3.05) is 20.1 Å². The molecule has 250 valence electrons. The van der Waals surface area contributed by atoms with Crippen molar-refractivity contribution >= 4 is 27.7 Å². The summed E-state index contributed by atoms with van der Waals surface area (Å²) in [5, 5.41) is 2.47. The van der Waals surface area contributed by atoms with E-state index in [9.17, 15) is 4.79 Å². The van der Waals surface area contributed by atoms with Crippen LogP contribution >= 0.6 is 0 Å². The molecule has 2 fully saturated rings. The van der Waals surface area contributed by atoms with Crippen LogP contribution in [0.5, 0.6) is 0 Å². The Morgan fingerprint density at radius 2 is 1.69 bits per heavy atom. The van der Waals surface area contributed by atoms with E-state index in [1.54, 1.807) is 0 Å². The Hall–Kier alpha value is -3.96. The van der Waals surface area contributed by atoms with Gasteiger partial charge in [-0.05, 0) is 157 Å². The predicted molar refractivity (Wildman–Crippen MR) is 200 cm³/mol. The predicted octanol–water partition coefficient (Wildman–Crippen LogP) is 9.49. The van der Waals surface area contributed by atoms with E-state index in [0.29, 0.717) is 23.9 Å². The number of amides is 1. The number of rotatable bonds is 11. The van der Waals surface area contributed by atoms with Gasteiger partial charge in [-0.2, -0.15) is 0 Å². The molecule has 5 nitrogen and oxygen atoms in total. The van der Waals surface area contributed by atoms with E-state index in [-0.39, 0.29) is 0 Å². The molecular formula is C43H52N4O. The molecule has 1 unspecified atom stereocenters. The number of aryl methyl sites for hydroxylation is 3. The number of likely N-dealkylation sites (N-methyl/N-ethyl adjacent to an activating group) is 1. The smallest absolute Gasteiger partial charge is 0.233 e. The van der Waals surface area contributed by atoms with Crippen molar-refractivity contribution in [3.63, 3.8) is 0 Å². The third kappa shape index (κ3) is 6.30. The van der Waals surface area contributed by atoms with E-state index in [2.05, 4.69) is 122 Å². The van der Waals surface area contributed by atoms with Gasteiger partial charge in [-0.25, -0.2) is 0 Å². The molecule has 5 aromatic rings. The van der Waals surface area contributed by atoms with Gasteiger partial charge in [-0.3, -0.25) is 9.78 Å². The molecule has 2 aromatic heterocycles. The highest BCUT2D eigenvalue weighted by Crippen LogP contribution is 2.43. The first-order valence-electron chi connectivity index (χ1n) is 18.2. The first-order chi connectivity index (χ1) is 23.1. The normalized spacial score (nSPS) is 18.4. The Morgan fingerprint density at radius 3 is 2.42 bits per heavy atom. The van der Waals surface area contributed by atoms with Crippen molar-refractivity contribution < 1.29 is 4.79 Å². The molecule has 7 rings (SSSR count). The summed E-state index contributed by atoms with van der Waals surface area (Å²) in [5.41, 5.74) is 10.5. The quantitative estimate of drug-likeness (QED) is 0.146. The van der Waals surface area contributed by atoms with E-state index >= 15 is 0 Å². The molecule has 1 atom stereocenters. The Balaban J connectivity index is 1.12. The van der Waals surface area contributed by atoms with Gasteiger partial charge in [0, 0.05) is 41.1 Å². The number of carbonyl (C=O) groups is 1. The highest BCUT2D eigenvalue weighted by Gasteiger charge is 2.47. The van der Waals surface area contributed by atoms with Crippen molar-refractivity contribution in [2.45, 2.75) is 103 Å². The molecule has 5 heteroatoms. The second-order valence-electron chi connectivity index (χ2n) is 15.5. The van der Waals surface area contributed by atoms with E-state index < -0.39 is 5.41 Å². The molecule has 4 heterocycles. The largest absolute Gasteiger partial charge is 0.354 e. The van der Waals surface area contributed by atoms with E-state index in [1.807, 2.05) is 12.3 Å². The Bertz CT molecular complexity index is 1910. The SMILES string of the molecule is Cc1cc(C)cc(-c2[nH]c3ccc(C(C)(C)C(=O)N4C5CCC4CC5)cc3c2C(C)CN(C)CCCCc2ccc3ncccc3c2)c1. The summed E-state index contributed by atoms with van der Waals surface area (Å²) in [6.07, 6.45) is 9.93. The van der Waals surface area contributed by atoms with Crippen LogP contribution < -0.4 is 0 Å². The lowest BCUT2D eigenvalue weighted by molar-refractivity contribution is -0.137. The standard InChI is InChI=1S/C43H52N4O/c1-28-22-29(2)24-33(23-28)41-40(30(3)27-46(6)21-8-7-10-31-12-18-38-32(25-31)11-9-20-44-38)37-26-34(13-19-39(37)45-41)43(4,5)42(48)47-35-14-15-36(47)17-16-35/h9,11-13,18-20,22-26,30,35-36,45H,7-8,10,14-17,21,27H2,1-6H3. The summed E-state index contributed by atoms with van der Waals surface area (Å²) in [4.78, 5) is 27.2. The molecule has 0 aliphatic carbocycles. The van der Waals surface area contributed by atoms with Crippen molar-refractivity contribution in [2.24, 2.45) is 0 Å². The fraction of sp³-hybridized carbons (Fsp3) is 0.442. The first kappa shape index (κ1) is 32.6. The van der Waals surface area contributed by atoms with E-state index in [4.69, 9.17) is 0 Å². The summed E-state index contributed by atoms with van der Waals surface area (Å²) in [5.74, 6) is 0.600.